The number of nitrogens with one attached hydrogen (secondary N) is 1. The maximum atomic E-state index is 9.59. The Morgan fingerprint density at radius 1 is 1.10 bits per heavy atom. The molecule has 9 heteroatoms. The molecule has 0 spiro atoms. The Kier molecular flexibility index (Phi) is 13.0. The van der Waals surface area contributed by atoms with E-state index >= 15 is 0 Å². The topological polar surface area (TPSA) is 127 Å². The number of aryl methyl sites for hydroxylation is 2. The minimum atomic E-state index is -0.0706. The van der Waals surface area contributed by atoms with E-state index in [-0.39, 0.29) is 47.3 Å². The third kappa shape index (κ3) is 6.17. The van der Waals surface area contributed by atoms with E-state index in [1.165, 1.54) is 6.07 Å². The molecule has 2 heterocycles. The summed E-state index contributed by atoms with van der Waals surface area (Å²) in [5.74, 6) is -0.111. The van der Waals surface area contributed by atoms with Crippen molar-refractivity contribution in [1.29, 1.82) is 0 Å². The van der Waals surface area contributed by atoms with Gasteiger partial charge in [0, 0.05) is 19.4 Å². The number of H-pyrrole nitrogens is 1. The second-order valence-corrected chi connectivity index (χ2v) is 4.03. The number of aromatic nitrogens is 3. The summed E-state index contributed by atoms with van der Waals surface area (Å²) in [7, 11) is 0. The number of imidazole rings is 1. The zero-order valence-corrected chi connectivity index (χ0v) is 13.1. The average Bonchev–Trinajstić information content (AvgIpc) is 2.82. The van der Waals surface area contributed by atoms with Crippen molar-refractivity contribution in [3.05, 3.63) is 36.7 Å². The Labute approximate surface area is 135 Å². The summed E-state index contributed by atoms with van der Waals surface area (Å²) in [6, 6.07) is 1.51. The zero-order valence-electron chi connectivity index (χ0n) is 11.6. The summed E-state index contributed by atoms with van der Waals surface area (Å²) in [5, 5.41) is 18.9. The lowest BCUT2D eigenvalue weighted by Crippen LogP contribution is -3.00. The lowest BCUT2D eigenvalue weighted by Gasteiger charge is -2.02. The number of aromatic amines is 1. The van der Waals surface area contributed by atoms with Gasteiger partial charge in [0.1, 0.15) is 12.4 Å². The highest BCUT2D eigenvalue weighted by atomic mass is 35.5. The van der Waals surface area contributed by atoms with E-state index in [1.807, 2.05) is 23.3 Å². The van der Waals surface area contributed by atoms with Crippen LogP contribution in [-0.4, -0.2) is 26.1 Å². The predicted octanol–water partition coefficient (Wildman–Crippen LogP) is -7.24. The third-order valence-electron chi connectivity index (χ3n) is 2.85. The van der Waals surface area contributed by atoms with E-state index in [1.54, 1.807) is 13.1 Å². The zero-order chi connectivity index (χ0) is 12.3. The normalized spacial score (nSPS) is 8.62. The Morgan fingerprint density at radius 3 is 2.33 bits per heavy atom. The Morgan fingerprint density at radius 2 is 1.76 bits per heavy atom. The van der Waals surface area contributed by atoms with Gasteiger partial charge >= 0.3 is 0 Å². The molecule has 0 saturated carbocycles. The number of pyridine rings is 1. The third-order valence-corrected chi connectivity index (χ3v) is 2.85. The van der Waals surface area contributed by atoms with Crippen LogP contribution in [0.5, 0.6) is 11.5 Å². The lowest BCUT2D eigenvalue weighted by atomic mass is 10.3. The summed E-state index contributed by atoms with van der Waals surface area (Å²) in [5.41, 5.74) is 0.684. The molecule has 0 saturated heterocycles. The van der Waals surface area contributed by atoms with Crippen molar-refractivity contribution in [1.82, 2.24) is 4.98 Å². The monoisotopic (exact) mass is 341 g/mol. The molecule has 0 aliphatic carbocycles. The fourth-order valence-electron chi connectivity index (χ4n) is 1.80. The van der Waals surface area contributed by atoms with E-state index in [4.69, 9.17) is 0 Å². The second-order valence-electron chi connectivity index (χ2n) is 4.03. The van der Waals surface area contributed by atoms with Crippen LogP contribution in [0, 0.1) is 6.92 Å². The van der Waals surface area contributed by atoms with Gasteiger partial charge in [-0.05, 0) is 0 Å². The van der Waals surface area contributed by atoms with E-state index in [9.17, 15) is 10.2 Å². The van der Waals surface area contributed by atoms with Gasteiger partial charge in [-0.15, -0.1) is 0 Å². The molecular formula is C12H21Cl2N3O4. The van der Waals surface area contributed by atoms with Crippen molar-refractivity contribution in [2.75, 3.05) is 0 Å². The molecule has 0 atom stereocenters. The second kappa shape index (κ2) is 11.2. The van der Waals surface area contributed by atoms with Crippen molar-refractivity contribution < 1.29 is 55.1 Å². The van der Waals surface area contributed by atoms with E-state index in [2.05, 4.69) is 9.55 Å². The van der Waals surface area contributed by atoms with Gasteiger partial charge in [-0.25, -0.2) is 4.57 Å². The first kappa shape index (κ1) is 24.5. The van der Waals surface area contributed by atoms with Gasteiger partial charge in [0.25, 0.3) is 0 Å². The highest BCUT2D eigenvalue weighted by Gasteiger charge is 2.14. The van der Waals surface area contributed by atoms with Crippen LogP contribution in [-0.2, 0) is 13.1 Å². The molecule has 0 aliphatic heterocycles. The smallest absolute Gasteiger partial charge is 0.241 e. The first-order valence-corrected chi connectivity index (χ1v) is 5.61. The first-order valence-electron chi connectivity index (χ1n) is 5.61. The summed E-state index contributed by atoms with van der Waals surface area (Å²) >= 11 is 0. The maximum Gasteiger partial charge on any atom is 0.241 e. The average molecular weight is 342 g/mol. The summed E-state index contributed by atoms with van der Waals surface area (Å²) in [6.45, 7) is 3.51. The van der Waals surface area contributed by atoms with Crippen molar-refractivity contribution in [2.24, 2.45) is 0 Å². The molecule has 2 rings (SSSR count). The van der Waals surface area contributed by atoms with E-state index in [0.29, 0.717) is 5.69 Å². The van der Waals surface area contributed by atoms with Crippen LogP contribution in [0.2, 0.25) is 0 Å². The van der Waals surface area contributed by atoms with Crippen LogP contribution in [0.15, 0.2) is 31.0 Å². The number of hydrogen-bond donors (Lipinski definition) is 3. The van der Waals surface area contributed by atoms with Crippen LogP contribution in [0.25, 0.3) is 0 Å². The van der Waals surface area contributed by atoms with Crippen LogP contribution in [0.1, 0.15) is 12.1 Å². The largest absolute Gasteiger partial charge is 1.00 e. The Bertz CT molecular complexity index is 509. The van der Waals surface area contributed by atoms with Gasteiger partial charge in [0.15, 0.2) is 18.5 Å². The molecule has 0 radical (unpaired) electrons. The maximum absolute atomic E-state index is 9.59. The first-order chi connectivity index (χ1) is 8.18. The fourth-order valence-corrected chi connectivity index (χ4v) is 1.80. The van der Waals surface area contributed by atoms with Crippen molar-refractivity contribution in [2.45, 2.75) is 26.4 Å². The molecule has 0 unspecified atom stereocenters. The minimum Gasteiger partial charge on any atom is -1.00 e. The molecular weight excluding hydrogens is 321 g/mol. The van der Waals surface area contributed by atoms with Gasteiger partial charge in [0.2, 0.25) is 17.8 Å². The highest BCUT2D eigenvalue weighted by molar-refractivity contribution is 5.36. The molecule has 7 nitrogen and oxygen atoms in total. The Hall–Kier alpha value is -1.54. The standard InChI is InChI=1S/C12H15N3O2.2ClH.2H2O/c1-10-12(17)11(16)3-7-15(10)6-2-5-14-8-4-13-9-14;;;;/h3-4,7-9,17H,2,5-6H2,1H3;2*1H;2*1H2. The van der Waals surface area contributed by atoms with Gasteiger partial charge < -0.3 is 46.0 Å². The molecule has 0 aromatic carbocycles. The lowest BCUT2D eigenvalue weighted by molar-refractivity contribution is -0.729. The molecule has 21 heavy (non-hydrogen) atoms. The van der Waals surface area contributed by atoms with Crippen molar-refractivity contribution in [3.8, 4) is 11.5 Å². The Balaban J connectivity index is -0.000000810. The quantitative estimate of drug-likeness (QED) is 0.477. The molecule has 2 aromatic rings. The van der Waals surface area contributed by atoms with Gasteiger partial charge in [-0.3, -0.25) is 4.98 Å². The molecule has 7 N–H and O–H groups in total. The molecule has 2 aromatic heterocycles. The minimum absolute atomic E-state index is 0. The summed E-state index contributed by atoms with van der Waals surface area (Å²) < 4.78 is 4.00. The van der Waals surface area contributed by atoms with Gasteiger partial charge in [0.05, 0.1) is 6.54 Å². The SMILES string of the molecule is Cc1c(O)c(O)cc[n+]1CCC[n+]1cc[nH]c1.O.O.[Cl-].[Cl-]. The molecule has 0 amide bonds. The van der Waals surface area contributed by atoms with Crippen LogP contribution < -0.4 is 33.9 Å². The van der Waals surface area contributed by atoms with Crippen LogP contribution in [0.3, 0.4) is 0 Å². The summed E-state index contributed by atoms with van der Waals surface area (Å²) in [6.07, 6.45) is 8.51. The molecule has 122 valence electrons. The number of hydrogen-bond acceptors (Lipinski definition) is 2. The van der Waals surface area contributed by atoms with E-state index in [0.717, 1.165) is 19.5 Å². The molecule has 0 bridgehead atoms. The van der Waals surface area contributed by atoms with Gasteiger partial charge in [-0.1, -0.05) is 0 Å². The summed E-state index contributed by atoms with van der Waals surface area (Å²) in [4.78, 5) is 2.99. The fraction of sp³-hybridized carbons (Fsp3) is 0.333. The number of halogens is 2. The number of rotatable bonds is 4. The number of aromatic hydroxyl groups is 2. The van der Waals surface area contributed by atoms with Crippen molar-refractivity contribution in [3.63, 3.8) is 0 Å². The van der Waals surface area contributed by atoms with Gasteiger partial charge in [-0.2, -0.15) is 4.57 Å². The van der Waals surface area contributed by atoms with Crippen LogP contribution in [0.4, 0.5) is 0 Å². The number of nitrogens with zero attached hydrogens (tertiary/aromatic N) is 2. The van der Waals surface area contributed by atoms with E-state index < -0.39 is 0 Å². The predicted molar refractivity (Wildman–Crippen MR) is 67.5 cm³/mol. The molecule has 0 fully saturated rings. The highest BCUT2D eigenvalue weighted by Crippen LogP contribution is 2.24. The molecule has 0 aliphatic rings. The van der Waals surface area contributed by atoms with Crippen LogP contribution >= 0.6 is 0 Å². The van der Waals surface area contributed by atoms with Crippen molar-refractivity contribution >= 4 is 0 Å².